The Morgan fingerprint density at radius 2 is 1.64 bits per heavy atom. The Morgan fingerprint density at radius 1 is 0.786 bits per heavy atom. The highest BCUT2D eigenvalue weighted by molar-refractivity contribution is 6.31. The molecule has 5 aromatic rings. The number of amides is 1. The summed E-state index contributed by atoms with van der Waals surface area (Å²) in [7, 11) is 0. The number of fused-ring (bicyclic) bond motifs is 4. The van der Waals surface area contributed by atoms with E-state index in [1.54, 1.807) is 24.3 Å². The molecule has 1 amide bonds. The number of anilines is 1. The minimum Gasteiger partial charge on any atom is -0.322 e. The van der Waals surface area contributed by atoms with Gasteiger partial charge in [-0.15, -0.1) is 0 Å². The number of aromatic nitrogens is 2. The average Bonchev–Trinajstić information content (AvgIpc) is 2.72. The van der Waals surface area contributed by atoms with E-state index in [-0.39, 0.29) is 5.91 Å². The second-order valence-corrected chi connectivity index (χ2v) is 6.98. The fourth-order valence-corrected chi connectivity index (χ4v) is 3.51. The Balaban J connectivity index is 1.58. The van der Waals surface area contributed by atoms with Crippen LogP contribution in [0.1, 0.15) is 10.4 Å². The highest BCUT2D eigenvalue weighted by Crippen LogP contribution is 2.26. The normalized spacial score (nSPS) is 11.2. The lowest BCUT2D eigenvalue weighted by molar-refractivity contribution is 0.102. The third-order valence-electron chi connectivity index (χ3n) is 4.67. The Labute approximate surface area is 165 Å². The van der Waals surface area contributed by atoms with Crippen molar-refractivity contribution in [3.63, 3.8) is 0 Å². The molecule has 0 saturated carbocycles. The molecule has 5 rings (SSSR count). The van der Waals surface area contributed by atoms with E-state index >= 15 is 0 Å². The van der Waals surface area contributed by atoms with Crippen LogP contribution in [0.3, 0.4) is 0 Å². The first-order valence-electron chi connectivity index (χ1n) is 8.83. The van der Waals surface area contributed by atoms with Crippen LogP contribution in [0.15, 0.2) is 78.9 Å². The van der Waals surface area contributed by atoms with Gasteiger partial charge < -0.3 is 5.32 Å². The highest BCUT2D eigenvalue weighted by Gasteiger charge is 2.09. The highest BCUT2D eigenvalue weighted by atomic mass is 35.5. The number of hydrogen-bond acceptors (Lipinski definition) is 3. The molecule has 0 aliphatic carbocycles. The third-order valence-corrected chi connectivity index (χ3v) is 4.91. The predicted molar refractivity (Wildman–Crippen MR) is 114 cm³/mol. The third kappa shape index (κ3) is 2.94. The zero-order chi connectivity index (χ0) is 19.1. The number of nitrogens with one attached hydrogen (secondary N) is 1. The summed E-state index contributed by atoms with van der Waals surface area (Å²) in [6.45, 7) is 0. The first-order valence-corrected chi connectivity index (χ1v) is 9.21. The van der Waals surface area contributed by atoms with Crippen LogP contribution in [-0.4, -0.2) is 15.9 Å². The summed E-state index contributed by atoms with van der Waals surface area (Å²) in [6.07, 6.45) is 0. The second kappa shape index (κ2) is 6.59. The van der Waals surface area contributed by atoms with Gasteiger partial charge >= 0.3 is 0 Å². The molecule has 0 fully saturated rings. The van der Waals surface area contributed by atoms with Gasteiger partial charge in [0.05, 0.1) is 22.1 Å². The van der Waals surface area contributed by atoms with Gasteiger partial charge in [-0.25, -0.2) is 9.97 Å². The Bertz CT molecular complexity index is 1380. The summed E-state index contributed by atoms with van der Waals surface area (Å²) in [5, 5.41) is 5.60. The van der Waals surface area contributed by atoms with Gasteiger partial charge in [-0.3, -0.25) is 4.79 Å². The van der Waals surface area contributed by atoms with Crippen molar-refractivity contribution in [1.29, 1.82) is 0 Å². The molecular formula is C23H14ClN3O. The molecule has 0 radical (unpaired) electrons. The fraction of sp³-hybridized carbons (Fsp3) is 0. The SMILES string of the molecule is O=C(Nc1ccc2nc3ccc4ccccc4c3nc2c1)c1cccc(Cl)c1. The molecule has 1 N–H and O–H groups in total. The summed E-state index contributed by atoms with van der Waals surface area (Å²) >= 11 is 5.97. The lowest BCUT2D eigenvalue weighted by Crippen LogP contribution is -2.11. The van der Waals surface area contributed by atoms with Gasteiger partial charge in [-0.2, -0.15) is 0 Å². The molecule has 1 aromatic heterocycles. The van der Waals surface area contributed by atoms with Crippen molar-refractivity contribution in [2.45, 2.75) is 0 Å². The van der Waals surface area contributed by atoms with E-state index in [0.717, 1.165) is 32.8 Å². The van der Waals surface area contributed by atoms with E-state index in [1.807, 2.05) is 42.5 Å². The van der Waals surface area contributed by atoms with Gasteiger partial charge in [0, 0.05) is 21.7 Å². The number of nitrogens with zero attached hydrogens (tertiary/aromatic N) is 2. The smallest absolute Gasteiger partial charge is 0.255 e. The summed E-state index contributed by atoms with van der Waals surface area (Å²) < 4.78 is 0. The van der Waals surface area contributed by atoms with Crippen LogP contribution in [0.2, 0.25) is 5.02 Å². The Kier molecular flexibility index (Phi) is 3.92. The van der Waals surface area contributed by atoms with Gasteiger partial charge in [0.25, 0.3) is 5.91 Å². The van der Waals surface area contributed by atoms with Gasteiger partial charge in [0.2, 0.25) is 0 Å². The van der Waals surface area contributed by atoms with Crippen molar-refractivity contribution in [3.8, 4) is 0 Å². The fourth-order valence-electron chi connectivity index (χ4n) is 3.32. The summed E-state index contributed by atoms with van der Waals surface area (Å²) in [6, 6.07) is 24.5. The van der Waals surface area contributed by atoms with E-state index in [0.29, 0.717) is 16.3 Å². The minimum absolute atomic E-state index is 0.221. The zero-order valence-electron chi connectivity index (χ0n) is 14.7. The summed E-state index contributed by atoms with van der Waals surface area (Å²) in [5.41, 5.74) is 4.37. The van der Waals surface area contributed by atoms with Crippen LogP contribution in [0, 0.1) is 0 Å². The van der Waals surface area contributed by atoms with Crippen molar-refractivity contribution in [3.05, 3.63) is 89.4 Å². The van der Waals surface area contributed by atoms with Crippen LogP contribution in [0.25, 0.3) is 32.8 Å². The lowest BCUT2D eigenvalue weighted by atomic mass is 10.1. The second-order valence-electron chi connectivity index (χ2n) is 6.55. The summed E-state index contributed by atoms with van der Waals surface area (Å²) in [4.78, 5) is 22.0. The maximum absolute atomic E-state index is 12.5. The number of hydrogen-bond donors (Lipinski definition) is 1. The van der Waals surface area contributed by atoms with Crippen LogP contribution in [-0.2, 0) is 0 Å². The van der Waals surface area contributed by atoms with E-state index < -0.39 is 0 Å². The molecule has 0 bridgehead atoms. The zero-order valence-corrected chi connectivity index (χ0v) is 15.4. The van der Waals surface area contributed by atoms with Crippen LogP contribution in [0.4, 0.5) is 5.69 Å². The van der Waals surface area contributed by atoms with Crippen LogP contribution < -0.4 is 5.32 Å². The standard InChI is InChI=1S/C23H14ClN3O/c24-16-6-3-5-15(12-16)23(28)25-17-9-11-19-21(13-17)27-22-18-7-2-1-4-14(18)8-10-20(22)26-19/h1-13H,(H,25,28). The van der Waals surface area contributed by atoms with E-state index in [4.69, 9.17) is 21.6 Å². The maximum atomic E-state index is 12.5. The van der Waals surface area contributed by atoms with E-state index in [9.17, 15) is 4.79 Å². The summed E-state index contributed by atoms with van der Waals surface area (Å²) in [5.74, 6) is -0.221. The monoisotopic (exact) mass is 383 g/mol. The molecule has 0 spiro atoms. The number of rotatable bonds is 2. The number of carbonyl (C=O) groups excluding carboxylic acids is 1. The molecule has 0 atom stereocenters. The maximum Gasteiger partial charge on any atom is 0.255 e. The Hall–Kier alpha value is -3.50. The van der Waals surface area contributed by atoms with Crippen LogP contribution in [0.5, 0.6) is 0 Å². The molecule has 4 nitrogen and oxygen atoms in total. The van der Waals surface area contributed by atoms with E-state index in [1.165, 1.54) is 0 Å². The average molecular weight is 384 g/mol. The van der Waals surface area contributed by atoms with Gasteiger partial charge in [-0.1, -0.05) is 48.0 Å². The lowest BCUT2D eigenvalue weighted by Gasteiger charge is -2.08. The quantitative estimate of drug-likeness (QED) is 0.307. The molecule has 0 aliphatic heterocycles. The molecular weight excluding hydrogens is 370 g/mol. The topological polar surface area (TPSA) is 54.9 Å². The molecule has 4 aromatic carbocycles. The first-order chi connectivity index (χ1) is 13.7. The molecule has 1 heterocycles. The predicted octanol–water partition coefficient (Wildman–Crippen LogP) is 5.84. The largest absolute Gasteiger partial charge is 0.322 e. The Morgan fingerprint density at radius 3 is 2.54 bits per heavy atom. The molecule has 28 heavy (non-hydrogen) atoms. The van der Waals surface area contributed by atoms with Crippen molar-refractivity contribution in [2.24, 2.45) is 0 Å². The molecule has 0 aliphatic rings. The van der Waals surface area contributed by atoms with Gasteiger partial charge in [-0.05, 0) is 47.9 Å². The van der Waals surface area contributed by atoms with Crippen molar-refractivity contribution >= 4 is 56.0 Å². The number of carbonyl (C=O) groups is 1. The van der Waals surface area contributed by atoms with Crippen LogP contribution >= 0.6 is 11.6 Å². The number of benzene rings is 4. The van der Waals surface area contributed by atoms with Gasteiger partial charge in [0.15, 0.2) is 0 Å². The molecule has 5 heteroatoms. The first kappa shape index (κ1) is 16.7. The van der Waals surface area contributed by atoms with Gasteiger partial charge in [0.1, 0.15) is 0 Å². The van der Waals surface area contributed by atoms with Crippen molar-refractivity contribution < 1.29 is 4.79 Å². The van der Waals surface area contributed by atoms with Crippen molar-refractivity contribution in [2.75, 3.05) is 5.32 Å². The number of halogens is 1. The van der Waals surface area contributed by atoms with E-state index in [2.05, 4.69) is 17.4 Å². The molecule has 0 saturated heterocycles. The minimum atomic E-state index is -0.221. The van der Waals surface area contributed by atoms with Crippen molar-refractivity contribution in [1.82, 2.24) is 9.97 Å². The molecule has 134 valence electrons. The molecule has 0 unspecified atom stereocenters.